The molecular weight excluding hydrogens is 286 g/mol. The highest BCUT2D eigenvalue weighted by atomic mass is 32.2. The SMILES string of the molecule is N#Cc1cc(NC2CCS(=O)(=O)CC2)nc2ccccc12. The highest BCUT2D eigenvalue weighted by Crippen LogP contribution is 2.22. The first-order valence-corrected chi connectivity index (χ1v) is 8.66. The highest BCUT2D eigenvalue weighted by molar-refractivity contribution is 7.91. The van der Waals surface area contributed by atoms with Gasteiger partial charge in [0.05, 0.1) is 28.7 Å². The number of nitrogens with zero attached hydrogens (tertiary/aromatic N) is 2. The second-order valence-electron chi connectivity index (χ2n) is 5.25. The Morgan fingerprint density at radius 3 is 2.67 bits per heavy atom. The van der Waals surface area contributed by atoms with Crippen molar-refractivity contribution < 1.29 is 8.42 Å². The maximum absolute atomic E-state index is 11.4. The molecule has 3 rings (SSSR count). The topological polar surface area (TPSA) is 82.9 Å². The van der Waals surface area contributed by atoms with Crippen molar-refractivity contribution in [2.45, 2.75) is 18.9 Å². The molecule has 6 heteroatoms. The molecule has 2 heterocycles. The van der Waals surface area contributed by atoms with E-state index in [0.29, 0.717) is 24.2 Å². The van der Waals surface area contributed by atoms with Crippen molar-refractivity contribution in [1.29, 1.82) is 5.26 Å². The Hall–Kier alpha value is -2.13. The van der Waals surface area contributed by atoms with Crippen LogP contribution in [0.25, 0.3) is 10.9 Å². The summed E-state index contributed by atoms with van der Waals surface area (Å²) in [6, 6.07) is 11.5. The zero-order valence-electron chi connectivity index (χ0n) is 11.4. The van der Waals surface area contributed by atoms with E-state index >= 15 is 0 Å². The molecule has 1 aliphatic rings. The second-order valence-corrected chi connectivity index (χ2v) is 7.56. The number of sulfone groups is 1. The van der Waals surface area contributed by atoms with Gasteiger partial charge in [-0.15, -0.1) is 0 Å². The van der Waals surface area contributed by atoms with E-state index in [1.165, 1.54) is 0 Å². The molecule has 1 saturated heterocycles. The number of fused-ring (bicyclic) bond motifs is 1. The van der Waals surface area contributed by atoms with Gasteiger partial charge in [-0.1, -0.05) is 18.2 Å². The largest absolute Gasteiger partial charge is 0.367 e. The van der Waals surface area contributed by atoms with Gasteiger partial charge >= 0.3 is 0 Å². The minimum absolute atomic E-state index is 0.0914. The van der Waals surface area contributed by atoms with Crippen molar-refractivity contribution in [2.24, 2.45) is 0 Å². The van der Waals surface area contributed by atoms with Gasteiger partial charge in [-0.3, -0.25) is 0 Å². The van der Waals surface area contributed by atoms with Gasteiger partial charge in [-0.05, 0) is 25.0 Å². The van der Waals surface area contributed by atoms with E-state index in [1.807, 2.05) is 24.3 Å². The van der Waals surface area contributed by atoms with Gasteiger partial charge in [0.15, 0.2) is 0 Å². The predicted molar refractivity (Wildman–Crippen MR) is 81.8 cm³/mol. The third-order valence-electron chi connectivity index (χ3n) is 3.74. The van der Waals surface area contributed by atoms with Gasteiger partial charge in [-0.2, -0.15) is 5.26 Å². The Bertz CT molecular complexity index is 810. The van der Waals surface area contributed by atoms with Crippen LogP contribution in [-0.2, 0) is 9.84 Å². The summed E-state index contributed by atoms with van der Waals surface area (Å²) in [6.07, 6.45) is 1.16. The third kappa shape index (κ3) is 2.98. The molecule has 1 aliphatic heterocycles. The molecule has 1 aromatic carbocycles. The van der Waals surface area contributed by atoms with Crippen LogP contribution in [0, 0.1) is 11.3 Å². The van der Waals surface area contributed by atoms with E-state index in [4.69, 9.17) is 0 Å². The lowest BCUT2D eigenvalue weighted by Gasteiger charge is -2.23. The van der Waals surface area contributed by atoms with Crippen molar-refractivity contribution in [3.63, 3.8) is 0 Å². The first kappa shape index (κ1) is 13.8. The molecule has 2 aromatic rings. The smallest absolute Gasteiger partial charge is 0.150 e. The van der Waals surface area contributed by atoms with Crippen LogP contribution in [0.3, 0.4) is 0 Å². The summed E-state index contributed by atoms with van der Waals surface area (Å²) in [4.78, 5) is 4.50. The van der Waals surface area contributed by atoms with Crippen molar-refractivity contribution in [3.8, 4) is 6.07 Å². The van der Waals surface area contributed by atoms with Crippen molar-refractivity contribution >= 4 is 26.6 Å². The van der Waals surface area contributed by atoms with E-state index in [-0.39, 0.29) is 17.5 Å². The number of hydrogen-bond acceptors (Lipinski definition) is 5. The average Bonchev–Trinajstić information content (AvgIpc) is 2.48. The minimum atomic E-state index is -2.87. The van der Waals surface area contributed by atoms with Crippen LogP contribution in [0.5, 0.6) is 0 Å². The van der Waals surface area contributed by atoms with Gasteiger partial charge in [0, 0.05) is 11.4 Å². The van der Waals surface area contributed by atoms with Crippen LogP contribution in [0.1, 0.15) is 18.4 Å². The molecule has 1 fully saturated rings. The standard InChI is InChI=1S/C15H15N3O2S/c16-10-11-9-15(18-14-4-2-1-3-13(11)14)17-12-5-7-21(19,20)8-6-12/h1-4,9,12H,5-8H2,(H,17,18). The molecule has 0 bridgehead atoms. The Balaban J connectivity index is 1.87. The fourth-order valence-corrected chi connectivity index (χ4v) is 4.08. The lowest BCUT2D eigenvalue weighted by atomic mass is 10.1. The predicted octanol–water partition coefficient (Wildman–Crippen LogP) is 2.10. The first-order chi connectivity index (χ1) is 10.1. The van der Waals surface area contributed by atoms with Crippen LogP contribution in [-0.4, -0.2) is 30.9 Å². The number of rotatable bonds is 2. The number of aromatic nitrogens is 1. The van der Waals surface area contributed by atoms with Gasteiger partial charge in [0.1, 0.15) is 15.7 Å². The molecule has 5 nitrogen and oxygen atoms in total. The Morgan fingerprint density at radius 1 is 1.24 bits per heavy atom. The maximum atomic E-state index is 11.4. The third-order valence-corrected chi connectivity index (χ3v) is 5.46. The van der Waals surface area contributed by atoms with E-state index in [9.17, 15) is 13.7 Å². The number of pyridine rings is 1. The fourth-order valence-electron chi connectivity index (χ4n) is 2.59. The van der Waals surface area contributed by atoms with Crippen LogP contribution < -0.4 is 5.32 Å². The summed E-state index contributed by atoms with van der Waals surface area (Å²) in [7, 11) is -2.87. The molecule has 0 radical (unpaired) electrons. The molecule has 0 amide bonds. The lowest BCUT2D eigenvalue weighted by molar-refractivity contribution is 0.559. The summed E-state index contributed by atoms with van der Waals surface area (Å²) in [6.45, 7) is 0. The Morgan fingerprint density at radius 2 is 1.95 bits per heavy atom. The monoisotopic (exact) mass is 301 g/mol. The fraction of sp³-hybridized carbons (Fsp3) is 0.333. The molecule has 108 valence electrons. The van der Waals surface area contributed by atoms with Crippen LogP contribution in [0.4, 0.5) is 5.82 Å². The summed E-state index contributed by atoms with van der Waals surface area (Å²) in [5.74, 6) is 1.06. The number of para-hydroxylation sites is 1. The van der Waals surface area contributed by atoms with Crippen molar-refractivity contribution in [3.05, 3.63) is 35.9 Å². The maximum Gasteiger partial charge on any atom is 0.150 e. The van der Waals surface area contributed by atoms with E-state index in [2.05, 4.69) is 16.4 Å². The molecule has 0 unspecified atom stereocenters. The first-order valence-electron chi connectivity index (χ1n) is 6.84. The summed E-state index contributed by atoms with van der Waals surface area (Å²) < 4.78 is 22.9. The van der Waals surface area contributed by atoms with Crippen LogP contribution in [0.15, 0.2) is 30.3 Å². The highest BCUT2D eigenvalue weighted by Gasteiger charge is 2.23. The van der Waals surface area contributed by atoms with Gasteiger partial charge in [0.2, 0.25) is 0 Å². The molecule has 0 aliphatic carbocycles. The second kappa shape index (κ2) is 5.34. The Labute approximate surface area is 123 Å². The van der Waals surface area contributed by atoms with Crippen LogP contribution in [0.2, 0.25) is 0 Å². The van der Waals surface area contributed by atoms with Gasteiger partial charge < -0.3 is 5.32 Å². The summed E-state index contributed by atoms with van der Waals surface area (Å²) in [5.41, 5.74) is 1.34. The normalized spacial score (nSPS) is 18.2. The number of benzene rings is 1. The molecular formula is C15H15N3O2S. The quantitative estimate of drug-likeness (QED) is 0.918. The number of hydrogen-bond donors (Lipinski definition) is 1. The minimum Gasteiger partial charge on any atom is -0.367 e. The van der Waals surface area contributed by atoms with E-state index in [0.717, 1.165) is 10.9 Å². The average molecular weight is 301 g/mol. The van der Waals surface area contributed by atoms with E-state index in [1.54, 1.807) is 6.07 Å². The molecule has 0 atom stereocenters. The molecule has 1 aromatic heterocycles. The zero-order chi connectivity index (χ0) is 14.9. The van der Waals surface area contributed by atoms with Gasteiger partial charge in [0.25, 0.3) is 0 Å². The number of nitriles is 1. The molecule has 21 heavy (non-hydrogen) atoms. The lowest BCUT2D eigenvalue weighted by Crippen LogP contribution is -2.32. The number of nitrogens with one attached hydrogen (secondary N) is 1. The summed E-state index contributed by atoms with van der Waals surface area (Å²) >= 11 is 0. The van der Waals surface area contributed by atoms with Crippen molar-refractivity contribution in [2.75, 3.05) is 16.8 Å². The number of anilines is 1. The van der Waals surface area contributed by atoms with Gasteiger partial charge in [-0.25, -0.2) is 13.4 Å². The zero-order valence-corrected chi connectivity index (χ0v) is 12.2. The summed E-state index contributed by atoms with van der Waals surface area (Å²) in [5, 5.41) is 13.3. The van der Waals surface area contributed by atoms with E-state index < -0.39 is 9.84 Å². The van der Waals surface area contributed by atoms with Crippen molar-refractivity contribution in [1.82, 2.24) is 4.98 Å². The Kier molecular flexibility index (Phi) is 3.52. The molecule has 1 N–H and O–H groups in total. The van der Waals surface area contributed by atoms with Crippen LogP contribution >= 0.6 is 0 Å². The molecule has 0 spiro atoms. The molecule has 0 saturated carbocycles.